The van der Waals surface area contributed by atoms with Gasteiger partial charge in [-0.25, -0.2) is 8.42 Å². The van der Waals surface area contributed by atoms with E-state index in [0.717, 1.165) is 5.39 Å². The Bertz CT molecular complexity index is 709. The molecule has 1 aliphatic rings. The second kappa shape index (κ2) is 4.19. The fraction of sp³-hybridized carbons (Fsp3) is 0.154. The molecule has 0 amide bonds. The van der Waals surface area contributed by atoms with Gasteiger partial charge in [0.1, 0.15) is 4.90 Å². The SMILES string of the molecule is O=S(=O)(c1cccc2cccnc12)N1CC=CC1. The molecular formula is C13H12N2O2S. The molecule has 1 aromatic carbocycles. The highest BCUT2D eigenvalue weighted by atomic mass is 32.2. The van der Waals surface area contributed by atoms with Crippen molar-refractivity contribution >= 4 is 20.9 Å². The number of hydrogen-bond donors (Lipinski definition) is 0. The maximum Gasteiger partial charge on any atom is 0.245 e. The smallest absolute Gasteiger partial charge is 0.245 e. The number of fused-ring (bicyclic) bond motifs is 1. The average Bonchev–Trinajstić information content (AvgIpc) is 2.92. The lowest BCUT2D eigenvalue weighted by Gasteiger charge is -2.16. The first-order valence-corrected chi connectivity index (χ1v) is 7.12. The fourth-order valence-corrected chi connectivity index (χ4v) is 3.59. The Labute approximate surface area is 106 Å². The minimum absolute atomic E-state index is 0.282. The number of rotatable bonds is 2. The quantitative estimate of drug-likeness (QED) is 0.774. The molecule has 0 N–H and O–H groups in total. The van der Waals surface area contributed by atoms with E-state index in [0.29, 0.717) is 18.6 Å². The second-order valence-corrected chi connectivity index (χ2v) is 6.03. The topological polar surface area (TPSA) is 50.3 Å². The van der Waals surface area contributed by atoms with Crippen LogP contribution in [-0.2, 0) is 10.0 Å². The molecule has 0 fully saturated rings. The van der Waals surface area contributed by atoms with Gasteiger partial charge in [-0.05, 0) is 12.1 Å². The van der Waals surface area contributed by atoms with Crippen LogP contribution in [0.25, 0.3) is 10.9 Å². The number of para-hydroxylation sites is 1. The predicted molar refractivity (Wildman–Crippen MR) is 69.6 cm³/mol. The summed E-state index contributed by atoms with van der Waals surface area (Å²) in [5.41, 5.74) is 0.534. The van der Waals surface area contributed by atoms with Crippen LogP contribution >= 0.6 is 0 Å². The van der Waals surface area contributed by atoms with E-state index in [2.05, 4.69) is 4.98 Å². The van der Waals surface area contributed by atoms with E-state index in [4.69, 9.17) is 0 Å². The van der Waals surface area contributed by atoms with Gasteiger partial charge in [-0.3, -0.25) is 4.98 Å². The summed E-state index contributed by atoms with van der Waals surface area (Å²) < 4.78 is 26.4. The normalized spacial score (nSPS) is 16.4. The van der Waals surface area contributed by atoms with Crippen LogP contribution in [0.4, 0.5) is 0 Å². The first kappa shape index (κ1) is 11.4. The van der Waals surface area contributed by atoms with Gasteiger partial charge in [0.05, 0.1) is 5.52 Å². The van der Waals surface area contributed by atoms with E-state index in [-0.39, 0.29) is 4.90 Å². The monoisotopic (exact) mass is 260 g/mol. The van der Waals surface area contributed by atoms with Crippen LogP contribution in [-0.4, -0.2) is 30.8 Å². The summed E-state index contributed by atoms with van der Waals surface area (Å²) in [4.78, 5) is 4.47. The highest BCUT2D eigenvalue weighted by molar-refractivity contribution is 7.89. The third-order valence-corrected chi connectivity index (χ3v) is 4.86. The number of benzene rings is 1. The van der Waals surface area contributed by atoms with Gasteiger partial charge >= 0.3 is 0 Å². The van der Waals surface area contributed by atoms with Crippen LogP contribution in [0.1, 0.15) is 0 Å². The van der Waals surface area contributed by atoms with Crippen LogP contribution in [0.5, 0.6) is 0 Å². The molecule has 5 heteroatoms. The van der Waals surface area contributed by atoms with Crippen LogP contribution < -0.4 is 0 Å². The lowest BCUT2D eigenvalue weighted by Crippen LogP contribution is -2.28. The lowest BCUT2D eigenvalue weighted by atomic mass is 10.2. The molecule has 0 saturated heterocycles. The third kappa shape index (κ3) is 1.72. The molecular weight excluding hydrogens is 248 g/mol. The van der Waals surface area contributed by atoms with Crippen LogP contribution in [0.2, 0.25) is 0 Å². The lowest BCUT2D eigenvalue weighted by molar-refractivity contribution is 0.489. The zero-order valence-electron chi connectivity index (χ0n) is 9.65. The summed E-state index contributed by atoms with van der Waals surface area (Å²) in [6.07, 6.45) is 5.33. The number of hydrogen-bond acceptors (Lipinski definition) is 3. The molecule has 0 atom stereocenters. The molecule has 0 saturated carbocycles. The Morgan fingerprint density at radius 1 is 1.06 bits per heavy atom. The summed E-state index contributed by atoms with van der Waals surface area (Å²) in [5.74, 6) is 0. The predicted octanol–water partition coefficient (Wildman–Crippen LogP) is 1.80. The van der Waals surface area contributed by atoms with Crippen molar-refractivity contribution < 1.29 is 8.42 Å². The minimum atomic E-state index is -3.46. The first-order chi connectivity index (χ1) is 8.69. The molecule has 0 bridgehead atoms. The van der Waals surface area contributed by atoms with E-state index in [9.17, 15) is 8.42 Å². The second-order valence-electron chi connectivity index (χ2n) is 4.12. The zero-order chi connectivity index (χ0) is 12.6. The van der Waals surface area contributed by atoms with E-state index in [1.165, 1.54) is 4.31 Å². The van der Waals surface area contributed by atoms with E-state index >= 15 is 0 Å². The van der Waals surface area contributed by atoms with Crippen LogP contribution in [0, 0.1) is 0 Å². The van der Waals surface area contributed by atoms with Gasteiger partial charge in [-0.2, -0.15) is 4.31 Å². The summed E-state index contributed by atoms with van der Waals surface area (Å²) in [6.45, 7) is 0.872. The molecule has 0 aliphatic carbocycles. The minimum Gasteiger partial charge on any atom is -0.255 e. The largest absolute Gasteiger partial charge is 0.255 e. The Kier molecular flexibility index (Phi) is 2.65. The molecule has 0 spiro atoms. The summed E-state index contributed by atoms with van der Waals surface area (Å²) >= 11 is 0. The fourth-order valence-electron chi connectivity index (χ4n) is 2.08. The number of aromatic nitrogens is 1. The molecule has 0 unspecified atom stereocenters. The maximum absolute atomic E-state index is 12.5. The van der Waals surface area contributed by atoms with Gasteiger partial charge in [-0.1, -0.05) is 30.4 Å². The van der Waals surface area contributed by atoms with E-state index < -0.39 is 10.0 Å². The molecule has 4 nitrogen and oxygen atoms in total. The summed E-state index contributed by atoms with van der Waals surface area (Å²) in [7, 11) is -3.46. The van der Waals surface area contributed by atoms with Crippen LogP contribution in [0.3, 0.4) is 0 Å². The van der Waals surface area contributed by atoms with Gasteiger partial charge in [0, 0.05) is 24.7 Å². The van der Waals surface area contributed by atoms with E-state index in [1.54, 1.807) is 24.4 Å². The Morgan fingerprint density at radius 3 is 2.56 bits per heavy atom. The molecule has 2 heterocycles. The van der Waals surface area contributed by atoms with Gasteiger partial charge in [0.2, 0.25) is 10.0 Å². The van der Waals surface area contributed by atoms with Crippen molar-refractivity contribution in [2.75, 3.05) is 13.1 Å². The van der Waals surface area contributed by atoms with Gasteiger partial charge in [0.25, 0.3) is 0 Å². The molecule has 3 rings (SSSR count). The van der Waals surface area contributed by atoms with Crippen molar-refractivity contribution in [1.82, 2.24) is 9.29 Å². The molecule has 1 aromatic heterocycles. The average molecular weight is 260 g/mol. The Morgan fingerprint density at radius 2 is 1.78 bits per heavy atom. The van der Waals surface area contributed by atoms with Gasteiger partial charge < -0.3 is 0 Å². The van der Waals surface area contributed by atoms with Crippen molar-refractivity contribution in [2.24, 2.45) is 0 Å². The standard InChI is InChI=1S/C13H12N2O2S/c16-18(17,15-9-1-2-10-15)12-7-3-5-11-6-4-8-14-13(11)12/h1-8H,9-10H2. The zero-order valence-corrected chi connectivity index (χ0v) is 10.5. The Hall–Kier alpha value is -1.72. The third-order valence-electron chi connectivity index (χ3n) is 3.00. The molecule has 1 aliphatic heterocycles. The van der Waals surface area contributed by atoms with E-state index in [1.807, 2.05) is 24.3 Å². The highest BCUT2D eigenvalue weighted by Crippen LogP contribution is 2.24. The van der Waals surface area contributed by atoms with Crippen molar-refractivity contribution in [3.63, 3.8) is 0 Å². The molecule has 18 heavy (non-hydrogen) atoms. The Balaban J connectivity index is 2.20. The molecule has 2 aromatic rings. The van der Waals surface area contributed by atoms with Crippen molar-refractivity contribution in [1.29, 1.82) is 0 Å². The number of sulfonamides is 1. The summed E-state index contributed by atoms with van der Waals surface area (Å²) in [6, 6.07) is 8.90. The van der Waals surface area contributed by atoms with Gasteiger partial charge in [-0.15, -0.1) is 0 Å². The maximum atomic E-state index is 12.5. The highest BCUT2D eigenvalue weighted by Gasteiger charge is 2.26. The molecule has 0 radical (unpaired) electrons. The van der Waals surface area contributed by atoms with Crippen molar-refractivity contribution in [3.8, 4) is 0 Å². The molecule has 92 valence electrons. The van der Waals surface area contributed by atoms with Gasteiger partial charge in [0.15, 0.2) is 0 Å². The number of pyridine rings is 1. The van der Waals surface area contributed by atoms with Crippen molar-refractivity contribution in [2.45, 2.75) is 4.90 Å². The number of nitrogens with zero attached hydrogens (tertiary/aromatic N) is 2. The first-order valence-electron chi connectivity index (χ1n) is 5.68. The van der Waals surface area contributed by atoms with Crippen LogP contribution in [0.15, 0.2) is 53.6 Å². The van der Waals surface area contributed by atoms with Crippen molar-refractivity contribution in [3.05, 3.63) is 48.7 Å². The summed E-state index contributed by atoms with van der Waals surface area (Å²) in [5, 5.41) is 0.839.